The molecule has 34 heavy (non-hydrogen) atoms. The Balaban J connectivity index is 1.55. The van der Waals surface area contributed by atoms with Crippen molar-refractivity contribution in [3.63, 3.8) is 0 Å². The molecule has 186 valence electrons. The van der Waals surface area contributed by atoms with Gasteiger partial charge in [-0.15, -0.1) is 0 Å². The Bertz CT molecular complexity index is 1090. The molecule has 5 rings (SSSR count). The molecule has 9 heteroatoms. The lowest BCUT2D eigenvalue weighted by atomic mass is 9.80. The first-order valence-electron chi connectivity index (χ1n) is 12.5. The highest BCUT2D eigenvalue weighted by Gasteiger charge is 2.43. The Kier molecular flexibility index (Phi) is 5.80. The number of halogens is 3. The van der Waals surface area contributed by atoms with Crippen LogP contribution < -0.4 is 4.90 Å². The number of nitrogens with zero attached hydrogens (tertiary/aromatic N) is 4. The van der Waals surface area contributed by atoms with E-state index in [0.29, 0.717) is 31.7 Å². The smallest absolute Gasteiger partial charge is 0.391 e. The summed E-state index contributed by atoms with van der Waals surface area (Å²) in [6.45, 7) is 5.17. The van der Waals surface area contributed by atoms with Crippen molar-refractivity contribution in [2.75, 3.05) is 18.0 Å². The normalized spacial score (nSPS) is 30.4. The predicted octanol–water partition coefficient (Wildman–Crippen LogP) is 5.70. The van der Waals surface area contributed by atoms with Crippen LogP contribution in [0.2, 0.25) is 0 Å². The van der Waals surface area contributed by atoms with Gasteiger partial charge >= 0.3 is 12.1 Å². The van der Waals surface area contributed by atoms with Crippen LogP contribution in [0.5, 0.6) is 0 Å². The molecule has 1 saturated heterocycles. The number of anilines is 1. The van der Waals surface area contributed by atoms with E-state index in [1.165, 1.54) is 0 Å². The van der Waals surface area contributed by atoms with Crippen LogP contribution in [-0.2, 0) is 11.2 Å². The molecular formula is C25H33F3N4O2. The summed E-state index contributed by atoms with van der Waals surface area (Å²) < 4.78 is 41.3. The molecule has 2 atom stereocenters. The van der Waals surface area contributed by atoms with Gasteiger partial charge in [-0.25, -0.2) is 4.98 Å². The van der Waals surface area contributed by atoms with Crippen LogP contribution in [0.25, 0.3) is 5.65 Å². The molecule has 0 spiro atoms. The maximum absolute atomic E-state index is 13.1. The summed E-state index contributed by atoms with van der Waals surface area (Å²) in [5.41, 5.74) is 2.91. The van der Waals surface area contributed by atoms with Crippen molar-refractivity contribution in [2.45, 2.75) is 89.6 Å². The number of fused-ring (bicyclic) bond motifs is 2. The van der Waals surface area contributed by atoms with Gasteiger partial charge in [0.15, 0.2) is 5.65 Å². The molecule has 1 saturated carbocycles. The van der Waals surface area contributed by atoms with E-state index in [1.807, 2.05) is 17.5 Å². The molecule has 0 amide bonds. The summed E-state index contributed by atoms with van der Waals surface area (Å²) in [4.78, 5) is 19.1. The topological polar surface area (TPSA) is 70.7 Å². The maximum Gasteiger partial charge on any atom is 0.391 e. The first kappa shape index (κ1) is 23.4. The Morgan fingerprint density at radius 1 is 1.18 bits per heavy atom. The van der Waals surface area contributed by atoms with Gasteiger partial charge in [-0.1, -0.05) is 6.92 Å². The fourth-order valence-corrected chi connectivity index (χ4v) is 6.30. The largest absolute Gasteiger partial charge is 0.481 e. The maximum atomic E-state index is 13.1. The number of carbonyl (C=O) groups is 1. The van der Waals surface area contributed by atoms with E-state index < -0.39 is 23.5 Å². The Hall–Kier alpha value is -2.32. The van der Waals surface area contributed by atoms with Gasteiger partial charge in [0, 0.05) is 30.6 Å². The van der Waals surface area contributed by atoms with Crippen molar-refractivity contribution in [1.29, 1.82) is 0 Å². The van der Waals surface area contributed by atoms with E-state index in [4.69, 9.17) is 10.1 Å². The highest BCUT2D eigenvalue weighted by atomic mass is 19.4. The van der Waals surface area contributed by atoms with E-state index in [1.54, 1.807) is 0 Å². The third-order valence-corrected chi connectivity index (χ3v) is 8.38. The average Bonchev–Trinajstić information content (AvgIpc) is 3.21. The minimum atomic E-state index is -4.13. The number of aliphatic carboxylic acids is 1. The van der Waals surface area contributed by atoms with Crippen LogP contribution >= 0.6 is 0 Å². The first-order valence-corrected chi connectivity index (χ1v) is 12.5. The number of aromatic nitrogens is 3. The lowest BCUT2D eigenvalue weighted by Gasteiger charge is -2.40. The predicted molar refractivity (Wildman–Crippen MR) is 122 cm³/mol. The second kappa shape index (κ2) is 8.41. The van der Waals surface area contributed by atoms with Gasteiger partial charge in [0.2, 0.25) is 0 Å². The third kappa shape index (κ3) is 4.05. The molecule has 6 nitrogen and oxygen atoms in total. The summed E-state index contributed by atoms with van der Waals surface area (Å²) in [5, 5.41) is 14.8. The molecule has 0 aromatic carbocycles. The van der Waals surface area contributed by atoms with Crippen LogP contribution in [0, 0.1) is 11.3 Å². The molecule has 0 bridgehead atoms. The van der Waals surface area contributed by atoms with E-state index in [-0.39, 0.29) is 18.8 Å². The summed E-state index contributed by atoms with van der Waals surface area (Å²) in [6, 6.07) is 1.95. The van der Waals surface area contributed by atoms with E-state index in [2.05, 4.69) is 11.8 Å². The molecule has 2 fully saturated rings. The number of hydrogen-bond acceptors (Lipinski definition) is 4. The molecule has 1 aliphatic heterocycles. The van der Waals surface area contributed by atoms with Crippen LogP contribution in [0.15, 0.2) is 6.07 Å². The van der Waals surface area contributed by atoms with Gasteiger partial charge in [-0.2, -0.15) is 22.8 Å². The third-order valence-electron chi connectivity index (χ3n) is 8.38. The summed E-state index contributed by atoms with van der Waals surface area (Å²) >= 11 is 0. The van der Waals surface area contributed by atoms with Crippen LogP contribution in [-0.4, -0.2) is 44.9 Å². The second-order valence-corrected chi connectivity index (χ2v) is 10.9. The first-order chi connectivity index (χ1) is 16.1. The standard InChI is InChI=1S/C25H33F3N4O2/c1-15-5-3-6-18-21(15)22(31-12-4-11-24(2,14-31)23(33)34)32-20(29-18)13-19(30-32)16-7-9-17(10-8-16)25(26,27)28/h13,15-17H,3-12,14H2,1-2H3,(H,33,34)/t15-,16?,17?,24+/m0/s1. The second-order valence-electron chi connectivity index (χ2n) is 10.9. The fourth-order valence-electron chi connectivity index (χ4n) is 6.30. The summed E-state index contributed by atoms with van der Waals surface area (Å²) in [6.07, 6.45) is 1.50. The zero-order valence-electron chi connectivity index (χ0n) is 19.9. The Labute approximate surface area is 197 Å². The average molecular weight is 479 g/mol. The van der Waals surface area contributed by atoms with Gasteiger partial charge in [0.05, 0.1) is 22.7 Å². The van der Waals surface area contributed by atoms with Crippen molar-refractivity contribution < 1.29 is 23.1 Å². The lowest BCUT2D eigenvalue weighted by molar-refractivity contribution is -0.182. The molecule has 2 aromatic rings. The Morgan fingerprint density at radius 3 is 2.59 bits per heavy atom. The van der Waals surface area contributed by atoms with Crippen LogP contribution in [0.1, 0.15) is 94.0 Å². The number of hydrogen-bond donors (Lipinski definition) is 1. The number of aryl methyl sites for hydroxylation is 1. The Morgan fingerprint density at radius 2 is 1.91 bits per heavy atom. The van der Waals surface area contributed by atoms with Gasteiger partial charge in [0.25, 0.3) is 0 Å². The van der Waals surface area contributed by atoms with E-state index in [9.17, 15) is 23.1 Å². The van der Waals surface area contributed by atoms with Gasteiger partial charge in [-0.3, -0.25) is 4.79 Å². The molecular weight excluding hydrogens is 445 g/mol. The van der Waals surface area contributed by atoms with Gasteiger partial charge in [-0.05, 0) is 70.6 Å². The van der Waals surface area contributed by atoms with Crippen molar-refractivity contribution >= 4 is 17.4 Å². The van der Waals surface area contributed by atoms with E-state index in [0.717, 1.165) is 60.6 Å². The van der Waals surface area contributed by atoms with Crippen molar-refractivity contribution in [2.24, 2.45) is 11.3 Å². The van der Waals surface area contributed by atoms with Crippen LogP contribution in [0.3, 0.4) is 0 Å². The van der Waals surface area contributed by atoms with Crippen molar-refractivity contribution in [3.8, 4) is 0 Å². The summed E-state index contributed by atoms with van der Waals surface area (Å²) in [7, 11) is 0. The SMILES string of the molecule is C[C@H]1CCCc2nc3cc(C4CCC(C(F)(F)F)CC4)nn3c(N3CCC[C@@](C)(C(=O)O)C3)c21. The van der Waals surface area contributed by atoms with Gasteiger partial charge < -0.3 is 10.0 Å². The molecule has 3 aliphatic rings. The molecule has 2 aliphatic carbocycles. The van der Waals surface area contributed by atoms with Crippen molar-refractivity contribution in [1.82, 2.24) is 14.6 Å². The quantitative estimate of drug-likeness (QED) is 0.613. The zero-order chi connectivity index (χ0) is 24.3. The molecule has 3 heterocycles. The lowest BCUT2D eigenvalue weighted by Crippen LogP contribution is -2.47. The highest BCUT2D eigenvalue weighted by Crippen LogP contribution is 2.44. The van der Waals surface area contributed by atoms with Crippen molar-refractivity contribution in [3.05, 3.63) is 23.0 Å². The minimum absolute atomic E-state index is 0.00626. The highest BCUT2D eigenvalue weighted by molar-refractivity contribution is 5.76. The molecule has 0 radical (unpaired) electrons. The minimum Gasteiger partial charge on any atom is -0.481 e. The fraction of sp³-hybridized carbons (Fsp3) is 0.720. The monoisotopic (exact) mass is 478 g/mol. The molecule has 0 unspecified atom stereocenters. The molecule has 1 N–H and O–H groups in total. The number of alkyl halides is 3. The van der Waals surface area contributed by atoms with Gasteiger partial charge in [0.1, 0.15) is 5.82 Å². The number of rotatable bonds is 3. The van der Waals surface area contributed by atoms with E-state index >= 15 is 0 Å². The zero-order valence-corrected chi connectivity index (χ0v) is 19.9. The number of piperidine rings is 1. The number of carboxylic acids is 1. The number of carboxylic acid groups (broad SMARTS) is 1. The molecule has 2 aromatic heterocycles. The summed E-state index contributed by atoms with van der Waals surface area (Å²) in [5.74, 6) is -0.775. The van der Waals surface area contributed by atoms with Crippen LogP contribution in [0.4, 0.5) is 19.0 Å².